The van der Waals surface area contributed by atoms with Crippen LogP contribution in [0.5, 0.6) is 0 Å². The summed E-state index contributed by atoms with van der Waals surface area (Å²) in [5.74, 6) is -1.67. The minimum absolute atomic E-state index is 0.155. The maximum atomic E-state index is 13.2. The molecule has 0 aromatic heterocycles. The van der Waals surface area contributed by atoms with Gasteiger partial charge in [-0.25, -0.2) is 4.90 Å². The molecule has 30 heavy (non-hydrogen) atoms. The van der Waals surface area contributed by atoms with Crippen LogP contribution in [-0.2, 0) is 19.2 Å². The van der Waals surface area contributed by atoms with Crippen molar-refractivity contribution >= 4 is 40.9 Å². The van der Waals surface area contributed by atoms with Crippen LogP contribution in [0.2, 0.25) is 5.02 Å². The molecule has 0 radical (unpaired) electrons. The molecule has 7 heteroatoms. The van der Waals surface area contributed by atoms with Gasteiger partial charge in [0.1, 0.15) is 6.10 Å². The molecule has 0 spiro atoms. The summed E-state index contributed by atoms with van der Waals surface area (Å²) in [5, 5.41) is 4.79. The Labute approximate surface area is 177 Å². The molecule has 2 bridgehead atoms. The molecule has 6 unspecified atom stereocenters. The first kappa shape index (κ1) is 17.9. The number of benzene rings is 2. The van der Waals surface area contributed by atoms with E-state index < -0.39 is 24.0 Å². The molecule has 0 saturated carbocycles. The Morgan fingerprint density at radius 3 is 2.27 bits per heavy atom. The van der Waals surface area contributed by atoms with Gasteiger partial charge in [-0.3, -0.25) is 9.59 Å². The van der Waals surface area contributed by atoms with E-state index in [1.54, 1.807) is 24.3 Å². The topological polar surface area (TPSA) is 68.2 Å². The number of anilines is 1. The number of rotatable bonds is 3. The molecule has 0 N–H and O–H groups in total. The van der Waals surface area contributed by atoms with Crippen molar-refractivity contribution in [3.63, 3.8) is 0 Å². The number of hydrogen-bond acceptors (Lipinski definition) is 5. The first-order chi connectivity index (χ1) is 14.6. The van der Waals surface area contributed by atoms with Crippen LogP contribution >= 0.6 is 11.6 Å². The van der Waals surface area contributed by atoms with Gasteiger partial charge in [0.05, 0.1) is 35.3 Å². The van der Waals surface area contributed by atoms with E-state index in [4.69, 9.17) is 21.2 Å². The van der Waals surface area contributed by atoms with Gasteiger partial charge in [0.15, 0.2) is 6.10 Å². The second-order valence-electron chi connectivity index (χ2n) is 7.96. The minimum Gasteiger partial charge on any atom is -0.389 e. The predicted octanol–water partition coefficient (Wildman–Crippen LogP) is 3.31. The predicted molar refractivity (Wildman–Crippen MR) is 111 cm³/mol. The van der Waals surface area contributed by atoms with E-state index in [1.807, 2.05) is 42.5 Å². The van der Waals surface area contributed by atoms with Gasteiger partial charge in [-0.1, -0.05) is 53.2 Å². The van der Waals surface area contributed by atoms with E-state index >= 15 is 0 Å². The Bertz CT molecular complexity index is 1100. The molecule has 4 heterocycles. The van der Waals surface area contributed by atoms with Crippen LogP contribution in [0, 0.1) is 17.8 Å². The second-order valence-corrected chi connectivity index (χ2v) is 8.40. The van der Waals surface area contributed by atoms with Gasteiger partial charge < -0.3 is 9.57 Å². The Balaban J connectivity index is 1.29. The molecule has 3 fully saturated rings. The summed E-state index contributed by atoms with van der Waals surface area (Å²) in [6.07, 6.45) is 2.66. The van der Waals surface area contributed by atoms with Gasteiger partial charge in [-0.2, -0.15) is 0 Å². The van der Waals surface area contributed by atoms with Crippen molar-refractivity contribution in [2.24, 2.45) is 22.9 Å². The third-order valence-electron chi connectivity index (χ3n) is 6.40. The first-order valence-corrected chi connectivity index (χ1v) is 10.3. The summed E-state index contributed by atoms with van der Waals surface area (Å²) >= 11 is 5.95. The van der Waals surface area contributed by atoms with Gasteiger partial charge in [-0.05, 0) is 35.9 Å². The van der Waals surface area contributed by atoms with E-state index in [9.17, 15) is 9.59 Å². The number of carbonyl (C=O) groups is 2. The van der Waals surface area contributed by atoms with Gasteiger partial charge in [0.2, 0.25) is 11.8 Å². The fraction of sp³-hybridized carbons (Fsp3) is 0.261. The van der Waals surface area contributed by atoms with Gasteiger partial charge >= 0.3 is 0 Å². The molecule has 0 aliphatic carbocycles. The fourth-order valence-corrected chi connectivity index (χ4v) is 5.24. The number of halogens is 1. The molecule has 3 saturated heterocycles. The van der Waals surface area contributed by atoms with E-state index in [0.29, 0.717) is 10.7 Å². The van der Waals surface area contributed by atoms with Crippen molar-refractivity contribution in [1.29, 1.82) is 0 Å². The van der Waals surface area contributed by atoms with Crippen molar-refractivity contribution in [3.8, 4) is 0 Å². The number of oxime groups is 1. The monoisotopic (exact) mass is 420 g/mol. The van der Waals surface area contributed by atoms with Crippen LogP contribution in [0.3, 0.4) is 0 Å². The van der Waals surface area contributed by atoms with Crippen molar-refractivity contribution in [3.05, 3.63) is 71.3 Å². The number of nitrogens with zero attached hydrogens (tertiary/aromatic N) is 2. The summed E-state index contributed by atoms with van der Waals surface area (Å²) < 4.78 is 6.10. The molecule has 4 aliphatic heterocycles. The van der Waals surface area contributed by atoms with Crippen LogP contribution < -0.4 is 4.90 Å². The standard InChI is InChI=1S/C23H17ClN2O4/c24-13-7-9-14(10-8-13)26-22(27)17-18(23(26)28)20-21-16(19(17)29-20)15(25-30-21)11-6-12-4-2-1-3-5-12/h1-11,16-21H. The lowest BCUT2D eigenvalue weighted by atomic mass is 9.72. The van der Waals surface area contributed by atoms with Crippen LogP contribution in [0.15, 0.2) is 65.8 Å². The molecule has 6 nitrogen and oxygen atoms in total. The zero-order valence-corrected chi connectivity index (χ0v) is 16.5. The highest BCUT2D eigenvalue weighted by molar-refractivity contribution is 6.31. The fourth-order valence-electron chi connectivity index (χ4n) is 5.11. The number of ether oxygens (including phenoxy) is 1. The van der Waals surface area contributed by atoms with Crippen molar-refractivity contribution in [1.82, 2.24) is 0 Å². The molecule has 6 rings (SSSR count). The number of fused-ring (bicyclic) bond motifs is 8. The van der Waals surface area contributed by atoms with E-state index in [2.05, 4.69) is 5.16 Å². The van der Waals surface area contributed by atoms with Crippen LogP contribution in [-0.4, -0.2) is 35.8 Å². The van der Waals surface area contributed by atoms with Crippen LogP contribution in [0.4, 0.5) is 5.69 Å². The summed E-state index contributed by atoms with van der Waals surface area (Å²) in [6, 6.07) is 16.6. The number of amides is 2. The van der Waals surface area contributed by atoms with Gasteiger partial charge in [-0.15, -0.1) is 0 Å². The Hall–Kier alpha value is -2.96. The highest BCUT2D eigenvalue weighted by Gasteiger charge is 2.71. The maximum absolute atomic E-state index is 13.2. The lowest BCUT2D eigenvalue weighted by Crippen LogP contribution is -2.45. The van der Waals surface area contributed by atoms with Crippen LogP contribution in [0.25, 0.3) is 6.08 Å². The average Bonchev–Trinajstić information content (AvgIpc) is 3.49. The first-order valence-electron chi connectivity index (χ1n) is 9.89. The van der Waals surface area contributed by atoms with Gasteiger partial charge in [0, 0.05) is 5.02 Å². The molecule has 2 aromatic carbocycles. The molecule has 2 aromatic rings. The SMILES string of the molecule is O=C1C2C3OC(C4C(C=Cc5ccccc5)=NOC34)C2C(=O)N1c1ccc(Cl)cc1. The smallest absolute Gasteiger partial charge is 0.240 e. The molecule has 4 aliphatic rings. The highest BCUT2D eigenvalue weighted by Crippen LogP contribution is 2.54. The lowest BCUT2D eigenvalue weighted by molar-refractivity contribution is -0.125. The van der Waals surface area contributed by atoms with Crippen molar-refractivity contribution in [2.45, 2.75) is 18.3 Å². The minimum atomic E-state index is -0.535. The van der Waals surface area contributed by atoms with E-state index in [-0.39, 0.29) is 23.8 Å². The zero-order valence-electron chi connectivity index (χ0n) is 15.7. The third-order valence-corrected chi connectivity index (χ3v) is 6.66. The van der Waals surface area contributed by atoms with Crippen molar-refractivity contribution in [2.75, 3.05) is 4.90 Å². The molecule has 6 atom stereocenters. The van der Waals surface area contributed by atoms with E-state index in [0.717, 1.165) is 11.3 Å². The summed E-state index contributed by atoms with van der Waals surface area (Å²) in [4.78, 5) is 33.3. The molecular formula is C23H17ClN2O4. The number of imide groups is 1. The lowest BCUT2D eigenvalue weighted by Gasteiger charge is -2.25. The summed E-state index contributed by atoms with van der Waals surface area (Å²) in [7, 11) is 0. The normalized spacial score (nSPS) is 33.8. The Morgan fingerprint density at radius 1 is 0.833 bits per heavy atom. The number of hydrogen-bond donors (Lipinski definition) is 0. The number of carbonyl (C=O) groups excluding carboxylic acids is 2. The Kier molecular flexibility index (Phi) is 3.88. The quantitative estimate of drug-likeness (QED) is 0.714. The molecule has 150 valence electrons. The van der Waals surface area contributed by atoms with Crippen molar-refractivity contribution < 1.29 is 19.2 Å². The second kappa shape index (κ2) is 6.52. The van der Waals surface area contributed by atoms with Crippen LogP contribution in [0.1, 0.15) is 5.56 Å². The third kappa shape index (κ3) is 2.44. The Morgan fingerprint density at radius 2 is 1.53 bits per heavy atom. The maximum Gasteiger partial charge on any atom is 0.240 e. The summed E-state index contributed by atoms with van der Waals surface area (Å²) in [6.45, 7) is 0. The largest absolute Gasteiger partial charge is 0.389 e. The van der Waals surface area contributed by atoms with E-state index in [1.165, 1.54) is 4.90 Å². The molecule has 2 amide bonds. The zero-order chi connectivity index (χ0) is 20.4. The average molecular weight is 421 g/mol. The molecular weight excluding hydrogens is 404 g/mol. The highest BCUT2D eigenvalue weighted by atomic mass is 35.5. The number of allylic oxidation sites excluding steroid dienone is 1. The van der Waals surface area contributed by atoms with Gasteiger partial charge in [0.25, 0.3) is 0 Å². The summed E-state index contributed by atoms with van der Waals surface area (Å²) in [5.41, 5.74) is 2.33.